The van der Waals surface area contributed by atoms with Gasteiger partial charge in [-0.1, -0.05) is 0 Å². The molecule has 2 rings (SSSR count). The van der Waals surface area contributed by atoms with E-state index in [1.807, 2.05) is 6.92 Å². The number of nitrogens with zero attached hydrogens (tertiary/aromatic N) is 2. The van der Waals surface area contributed by atoms with E-state index in [0.29, 0.717) is 22.8 Å². The van der Waals surface area contributed by atoms with Gasteiger partial charge in [-0.2, -0.15) is 5.10 Å². The summed E-state index contributed by atoms with van der Waals surface area (Å²) in [6.07, 6.45) is 0. The lowest BCUT2D eigenvalue weighted by molar-refractivity contribution is 0.101. The van der Waals surface area contributed by atoms with E-state index in [2.05, 4.69) is 10.4 Å². The molecule has 19 heavy (non-hydrogen) atoms. The third-order valence-electron chi connectivity index (χ3n) is 2.73. The highest BCUT2D eigenvalue weighted by Crippen LogP contribution is 2.25. The van der Waals surface area contributed by atoms with Crippen molar-refractivity contribution < 1.29 is 9.53 Å². The maximum atomic E-state index is 12.1. The minimum atomic E-state index is -0.227. The minimum absolute atomic E-state index is 0.227. The molecule has 0 saturated heterocycles. The Hall–Kier alpha value is -2.50. The summed E-state index contributed by atoms with van der Waals surface area (Å²) >= 11 is 0. The molecule has 100 valence electrons. The molecule has 0 radical (unpaired) electrons. The van der Waals surface area contributed by atoms with Gasteiger partial charge in [0.05, 0.1) is 18.5 Å². The standard InChI is InChI=1S/C13H16N4O2/c1-8-6-11(17(2)16-8)13(18)15-9-4-5-10(14)12(7-9)19-3/h4-7H,14H2,1-3H3,(H,15,18). The first-order chi connectivity index (χ1) is 9.01. The fourth-order valence-corrected chi connectivity index (χ4v) is 1.81. The van der Waals surface area contributed by atoms with Gasteiger partial charge in [0.1, 0.15) is 11.4 Å². The molecule has 1 aromatic heterocycles. The van der Waals surface area contributed by atoms with Crippen molar-refractivity contribution >= 4 is 17.3 Å². The molecule has 0 spiro atoms. The Balaban J connectivity index is 2.21. The van der Waals surface area contributed by atoms with Crippen LogP contribution in [0, 0.1) is 6.92 Å². The number of nitrogen functional groups attached to an aromatic ring is 1. The van der Waals surface area contributed by atoms with Crippen molar-refractivity contribution in [1.29, 1.82) is 0 Å². The van der Waals surface area contributed by atoms with E-state index in [-0.39, 0.29) is 5.91 Å². The lowest BCUT2D eigenvalue weighted by atomic mass is 10.2. The van der Waals surface area contributed by atoms with Gasteiger partial charge in [0.25, 0.3) is 5.91 Å². The monoisotopic (exact) mass is 260 g/mol. The number of nitrogens with one attached hydrogen (secondary N) is 1. The number of hydrogen-bond acceptors (Lipinski definition) is 4. The van der Waals surface area contributed by atoms with Crippen LogP contribution in [0.3, 0.4) is 0 Å². The zero-order chi connectivity index (χ0) is 14.0. The van der Waals surface area contributed by atoms with Gasteiger partial charge >= 0.3 is 0 Å². The molecule has 0 bridgehead atoms. The summed E-state index contributed by atoms with van der Waals surface area (Å²) in [5, 5.41) is 6.91. The van der Waals surface area contributed by atoms with Crippen LogP contribution in [0.25, 0.3) is 0 Å². The Morgan fingerprint density at radius 2 is 2.16 bits per heavy atom. The minimum Gasteiger partial charge on any atom is -0.495 e. The van der Waals surface area contributed by atoms with Gasteiger partial charge in [0.2, 0.25) is 0 Å². The summed E-state index contributed by atoms with van der Waals surface area (Å²) in [7, 11) is 3.26. The lowest BCUT2D eigenvalue weighted by Gasteiger charge is -2.09. The predicted molar refractivity (Wildman–Crippen MR) is 73.3 cm³/mol. The molecule has 6 nitrogen and oxygen atoms in total. The Bertz CT molecular complexity index is 619. The van der Waals surface area contributed by atoms with Crippen LogP contribution in [-0.4, -0.2) is 22.8 Å². The molecule has 0 aliphatic heterocycles. The number of ether oxygens (including phenoxy) is 1. The van der Waals surface area contributed by atoms with Crippen molar-refractivity contribution in [2.75, 3.05) is 18.2 Å². The molecule has 0 aliphatic rings. The number of anilines is 2. The third-order valence-corrected chi connectivity index (χ3v) is 2.73. The molecule has 0 unspecified atom stereocenters. The second kappa shape index (κ2) is 5.01. The number of hydrogen-bond donors (Lipinski definition) is 2. The highest BCUT2D eigenvalue weighted by atomic mass is 16.5. The van der Waals surface area contributed by atoms with Crippen LogP contribution in [0.15, 0.2) is 24.3 Å². The van der Waals surface area contributed by atoms with Gasteiger partial charge in [-0.05, 0) is 25.1 Å². The second-order valence-electron chi connectivity index (χ2n) is 4.21. The van der Waals surface area contributed by atoms with Crippen molar-refractivity contribution in [3.8, 4) is 5.75 Å². The fourth-order valence-electron chi connectivity index (χ4n) is 1.81. The molecular weight excluding hydrogens is 244 g/mol. The first kappa shape index (κ1) is 12.9. The van der Waals surface area contributed by atoms with Crippen LogP contribution in [0.2, 0.25) is 0 Å². The Morgan fingerprint density at radius 1 is 1.42 bits per heavy atom. The first-order valence-electron chi connectivity index (χ1n) is 5.76. The Kier molecular flexibility index (Phi) is 3.41. The van der Waals surface area contributed by atoms with Crippen molar-refractivity contribution in [1.82, 2.24) is 9.78 Å². The highest BCUT2D eigenvalue weighted by Gasteiger charge is 2.12. The zero-order valence-corrected chi connectivity index (χ0v) is 11.1. The van der Waals surface area contributed by atoms with Gasteiger partial charge in [-0.25, -0.2) is 0 Å². The number of amides is 1. The average molecular weight is 260 g/mol. The number of benzene rings is 1. The maximum absolute atomic E-state index is 12.1. The number of carbonyl (C=O) groups excluding carboxylic acids is 1. The molecule has 1 amide bonds. The molecule has 1 aromatic carbocycles. The maximum Gasteiger partial charge on any atom is 0.273 e. The lowest BCUT2D eigenvalue weighted by Crippen LogP contribution is -2.16. The normalized spacial score (nSPS) is 10.3. The van der Waals surface area contributed by atoms with E-state index >= 15 is 0 Å². The molecule has 0 aliphatic carbocycles. The molecule has 0 saturated carbocycles. The fraction of sp³-hybridized carbons (Fsp3) is 0.231. The van der Waals surface area contributed by atoms with Gasteiger partial charge < -0.3 is 15.8 Å². The second-order valence-corrected chi connectivity index (χ2v) is 4.21. The van der Waals surface area contributed by atoms with Crippen molar-refractivity contribution in [2.45, 2.75) is 6.92 Å². The SMILES string of the molecule is COc1cc(NC(=O)c2cc(C)nn2C)ccc1N. The van der Waals surface area contributed by atoms with Crippen LogP contribution < -0.4 is 15.8 Å². The quantitative estimate of drug-likeness (QED) is 0.821. The summed E-state index contributed by atoms with van der Waals surface area (Å²) < 4.78 is 6.65. The van der Waals surface area contributed by atoms with E-state index in [9.17, 15) is 4.79 Å². The number of carbonyl (C=O) groups is 1. The largest absolute Gasteiger partial charge is 0.495 e. The zero-order valence-electron chi connectivity index (χ0n) is 11.1. The first-order valence-corrected chi connectivity index (χ1v) is 5.76. The van der Waals surface area contributed by atoms with E-state index < -0.39 is 0 Å². The van der Waals surface area contributed by atoms with E-state index in [4.69, 9.17) is 10.5 Å². The molecule has 3 N–H and O–H groups in total. The Labute approximate surface area is 111 Å². The number of rotatable bonds is 3. The van der Waals surface area contributed by atoms with E-state index in [1.54, 1.807) is 36.0 Å². The smallest absolute Gasteiger partial charge is 0.273 e. The summed E-state index contributed by atoms with van der Waals surface area (Å²) in [4.78, 5) is 12.1. The molecule has 6 heteroatoms. The summed E-state index contributed by atoms with van der Waals surface area (Å²) in [5.41, 5.74) is 8.15. The molecule has 1 heterocycles. The van der Waals surface area contributed by atoms with Crippen molar-refractivity contribution in [3.63, 3.8) is 0 Å². The topological polar surface area (TPSA) is 82.2 Å². The van der Waals surface area contributed by atoms with Crippen LogP contribution in [0.1, 0.15) is 16.2 Å². The molecule has 0 atom stereocenters. The molecule has 0 fully saturated rings. The number of nitrogens with two attached hydrogens (primary N) is 1. The van der Waals surface area contributed by atoms with Gasteiger partial charge in [-0.3, -0.25) is 9.48 Å². The highest BCUT2D eigenvalue weighted by molar-refractivity contribution is 6.03. The van der Waals surface area contributed by atoms with Gasteiger partial charge in [0, 0.05) is 18.8 Å². The third kappa shape index (κ3) is 2.67. The average Bonchev–Trinajstić information content (AvgIpc) is 2.71. The number of aromatic nitrogens is 2. The molecular formula is C13H16N4O2. The Morgan fingerprint density at radius 3 is 2.74 bits per heavy atom. The van der Waals surface area contributed by atoms with Crippen LogP contribution in [0.4, 0.5) is 11.4 Å². The van der Waals surface area contributed by atoms with E-state index in [1.165, 1.54) is 7.11 Å². The van der Waals surface area contributed by atoms with Crippen LogP contribution in [0.5, 0.6) is 5.75 Å². The van der Waals surface area contributed by atoms with Crippen LogP contribution in [-0.2, 0) is 7.05 Å². The number of methoxy groups -OCH3 is 1. The molecule has 2 aromatic rings. The van der Waals surface area contributed by atoms with Crippen LogP contribution >= 0.6 is 0 Å². The van der Waals surface area contributed by atoms with Crippen molar-refractivity contribution in [3.05, 3.63) is 35.7 Å². The van der Waals surface area contributed by atoms with Crippen molar-refractivity contribution in [2.24, 2.45) is 7.05 Å². The summed E-state index contributed by atoms with van der Waals surface area (Å²) in [5.74, 6) is 0.300. The summed E-state index contributed by atoms with van der Waals surface area (Å²) in [6.45, 7) is 1.84. The summed E-state index contributed by atoms with van der Waals surface area (Å²) in [6, 6.07) is 6.81. The van der Waals surface area contributed by atoms with Gasteiger partial charge in [-0.15, -0.1) is 0 Å². The predicted octanol–water partition coefficient (Wildman–Crippen LogP) is 1.57. The van der Waals surface area contributed by atoms with E-state index in [0.717, 1.165) is 5.69 Å². The van der Waals surface area contributed by atoms with Gasteiger partial charge in [0.15, 0.2) is 0 Å². The number of aryl methyl sites for hydroxylation is 2.